The second-order valence-corrected chi connectivity index (χ2v) is 4.29. The van der Waals surface area contributed by atoms with Crippen LogP contribution in [-0.2, 0) is 20.1 Å². The zero-order chi connectivity index (χ0) is 13.4. The number of hydrogen-bond donors (Lipinski definition) is 1. The Morgan fingerprint density at radius 1 is 1.26 bits per heavy atom. The molecular formula is C11H13N7O. The van der Waals surface area contributed by atoms with E-state index < -0.39 is 0 Å². The number of rotatable bonds is 3. The van der Waals surface area contributed by atoms with E-state index in [1.165, 1.54) is 12.5 Å². The highest BCUT2D eigenvalue weighted by Crippen LogP contribution is 2.03. The Hall–Kier alpha value is -2.64. The van der Waals surface area contributed by atoms with Gasteiger partial charge in [0.05, 0.1) is 24.6 Å². The lowest BCUT2D eigenvalue weighted by Gasteiger charge is -2.05. The van der Waals surface area contributed by atoms with Crippen LogP contribution in [0, 0.1) is 0 Å². The molecular weight excluding hydrogens is 246 g/mol. The minimum absolute atomic E-state index is 0.0989. The van der Waals surface area contributed by atoms with Crippen molar-refractivity contribution < 1.29 is 0 Å². The molecule has 2 N–H and O–H groups in total. The lowest BCUT2D eigenvalue weighted by Crippen LogP contribution is -2.22. The maximum atomic E-state index is 12.2. The molecule has 3 aromatic heterocycles. The van der Waals surface area contributed by atoms with Gasteiger partial charge in [-0.15, -0.1) is 0 Å². The molecule has 3 rings (SSSR count). The number of hydrogen-bond acceptors (Lipinski definition) is 5. The van der Waals surface area contributed by atoms with Gasteiger partial charge in [0.2, 0.25) is 0 Å². The van der Waals surface area contributed by atoms with Gasteiger partial charge in [0.15, 0.2) is 5.65 Å². The smallest absolute Gasteiger partial charge is 0.264 e. The average molecular weight is 259 g/mol. The molecule has 3 aromatic rings. The molecule has 98 valence electrons. The third-order valence-corrected chi connectivity index (χ3v) is 2.94. The summed E-state index contributed by atoms with van der Waals surface area (Å²) in [6.07, 6.45) is 6.36. The minimum atomic E-state index is -0.0989. The van der Waals surface area contributed by atoms with E-state index in [9.17, 15) is 4.79 Å². The van der Waals surface area contributed by atoms with Crippen LogP contribution in [0.1, 0.15) is 0 Å². The molecule has 0 bridgehead atoms. The Labute approximate surface area is 108 Å². The molecule has 0 spiro atoms. The summed E-state index contributed by atoms with van der Waals surface area (Å²) in [5, 5.41) is 8.61. The van der Waals surface area contributed by atoms with Gasteiger partial charge in [-0.1, -0.05) is 0 Å². The molecule has 0 amide bonds. The molecule has 0 radical (unpaired) electrons. The summed E-state index contributed by atoms with van der Waals surface area (Å²) in [5.74, 6) is 0. The molecule has 3 heterocycles. The van der Waals surface area contributed by atoms with Crippen LogP contribution in [0.25, 0.3) is 11.0 Å². The van der Waals surface area contributed by atoms with E-state index in [2.05, 4.69) is 15.2 Å². The van der Waals surface area contributed by atoms with Gasteiger partial charge in [0.1, 0.15) is 11.7 Å². The van der Waals surface area contributed by atoms with Gasteiger partial charge in [-0.2, -0.15) is 10.2 Å². The zero-order valence-corrected chi connectivity index (χ0v) is 10.4. The Bertz CT molecular complexity index is 782. The summed E-state index contributed by atoms with van der Waals surface area (Å²) < 4.78 is 4.81. The minimum Gasteiger partial charge on any atom is -0.396 e. The van der Waals surface area contributed by atoms with Crippen LogP contribution in [0.3, 0.4) is 0 Å². The Kier molecular flexibility index (Phi) is 2.55. The predicted molar refractivity (Wildman–Crippen MR) is 69.4 cm³/mol. The third-order valence-electron chi connectivity index (χ3n) is 2.94. The summed E-state index contributed by atoms with van der Waals surface area (Å²) in [5.41, 5.74) is 6.67. The molecule has 19 heavy (non-hydrogen) atoms. The second kappa shape index (κ2) is 4.23. The first kappa shape index (κ1) is 11.5. The Morgan fingerprint density at radius 2 is 2.11 bits per heavy atom. The van der Waals surface area contributed by atoms with Crippen molar-refractivity contribution in [2.75, 3.05) is 5.73 Å². The maximum Gasteiger partial charge on any atom is 0.264 e. The normalized spacial score (nSPS) is 11.2. The van der Waals surface area contributed by atoms with Gasteiger partial charge < -0.3 is 5.73 Å². The first-order valence-corrected chi connectivity index (χ1v) is 5.80. The van der Waals surface area contributed by atoms with Gasteiger partial charge in [-0.05, 0) is 0 Å². The van der Waals surface area contributed by atoms with Crippen LogP contribution in [0.4, 0.5) is 5.69 Å². The van der Waals surface area contributed by atoms with Gasteiger partial charge in [0, 0.05) is 19.8 Å². The highest BCUT2D eigenvalue weighted by Gasteiger charge is 2.07. The van der Waals surface area contributed by atoms with E-state index in [1.54, 1.807) is 33.4 Å². The summed E-state index contributed by atoms with van der Waals surface area (Å²) in [7, 11) is 1.76. The van der Waals surface area contributed by atoms with Crippen molar-refractivity contribution in [3.63, 3.8) is 0 Å². The van der Waals surface area contributed by atoms with Crippen LogP contribution in [0.2, 0.25) is 0 Å². The van der Waals surface area contributed by atoms with Crippen molar-refractivity contribution in [1.29, 1.82) is 0 Å². The highest BCUT2D eigenvalue weighted by molar-refractivity contribution is 5.72. The average Bonchev–Trinajstić information content (AvgIpc) is 2.96. The van der Waals surface area contributed by atoms with Gasteiger partial charge in [-0.3, -0.25) is 18.7 Å². The lowest BCUT2D eigenvalue weighted by molar-refractivity contribution is 0.521. The molecule has 0 atom stereocenters. The molecule has 8 nitrogen and oxygen atoms in total. The lowest BCUT2D eigenvalue weighted by atomic mass is 10.4. The molecule has 0 aromatic carbocycles. The number of nitrogens with zero attached hydrogens (tertiary/aromatic N) is 6. The fourth-order valence-corrected chi connectivity index (χ4v) is 1.94. The largest absolute Gasteiger partial charge is 0.396 e. The van der Waals surface area contributed by atoms with E-state index >= 15 is 0 Å². The number of aryl methyl sites for hydroxylation is 3. The second-order valence-electron chi connectivity index (χ2n) is 4.29. The summed E-state index contributed by atoms with van der Waals surface area (Å²) >= 11 is 0. The van der Waals surface area contributed by atoms with E-state index in [4.69, 9.17) is 5.73 Å². The van der Waals surface area contributed by atoms with Crippen LogP contribution in [0.15, 0.2) is 29.7 Å². The quantitative estimate of drug-likeness (QED) is 0.691. The fourth-order valence-electron chi connectivity index (χ4n) is 1.94. The molecule has 0 aliphatic rings. The number of anilines is 1. The van der Waals surface area contributed by atoms with E-state index in [0.717, 1.165) is 0 Å². The molecule has 0 saturated heterocycles. The molecule has 8 heteroatoms. The van der Waals surface area contributed by atoms with E-state index in [1.807, 2.05) is 0 Å². The van der Waals surface area contributed by atoms with Crippen molar-refractivity contribution in [3.8, 4) is 0 Å². The van der Waals surface area contributed by atoms with E-state index in [-0.39, 0.29) is 5.56 Å². The standard InChI is InChI=1S/C11H13N7O/c1-16-10-9(5-14-16)11(19)17(7-13-10)2-3-18-6-8(12)4-15-18/h4-7H,2-3,12H2,1H3. The van der Waals surface area contributed by atoms with Crippen LogP contribution >= 0.6 is 0 Å². The topological polar surface area (TPSA) is 96.5 Å². The SMILES string of the molecule is Cn1ncc2c(=O)n(CCn3cc(N)cn3)cnc21. The van der Waals surface area contributed by atoms with Crippen LogP contribution < -0.4 is 11.3 Å². The summed E-state index contributed by atoms with van der Waals surface area (Å²) in [6, 6.07) is 0. The molecule has 0 aliphatic carbocycles. The molecule has 0 unspecified atom stereocenters. The maximum absolute atomic E-state index is 12.2. The number of nitrogen functional groups attached to an aromatic ring is 1. The first-order chi connectivity index (χ1) is 9.15. The zero-order valence-electron chi connectivity index (χ0n) is 10.4. The van der Waals surface area contributed by atoms with Gasteiger partial charge in [-0.25, -0.2) is 4.98 Å². The summed E-state index contributed by atoms with van der Waals surface area (Å²) in [6.45, 7) is 1.04. The fraction of sp³-hybridized carbons (Fsp3) is 0.273. The monoisotopic (exact) mass is 259 g/mol. The van der Waals surface area contributed by atoms with Crippen molar-refractivity contribution in [1.82, 2.24) is 29.1 Å². The predicted octanol–water partition coefficient (Wildman–Crippen LogP) is -0.391. The van der Waals surface area contributed by atoms with Crippen LogP contribution in [-0.4, -0.2) is 29.1 Å². The van der Waals surface area contributed by atoms with Crippen LogP contribution in [0.5, 0.6) is 0 Å². The number of fused-ring (bicyclic) bond motifs is 1. The summed E-state index contributed by atoms with van der Waals surface area (Å²) in [4.78, 5) is 16.4. The van der Waals surface area contributed by atoms with Gasteiger partial charge in [0.25, 0.3) is 5.56 Å². The Balaban J connectivity index is 1.89. The molecule has 0 aliphatic heterocycles. The number of nitrogens with two attached hydrogens (primary N) is 1. The van der Waals surface area contributed by atoms with Crippen molar-refractivity contribution in [2.24, 2.45) is 7.05 Å². The van der Waals surface area contributed by atoms with Crippen molar-refractivity contribution in [2.45, 2.75) is 13.1 Å². The van der Waals surface area contributed by atoms with Gasteiger partial charge >= 0.3 is 0 Å². The molecule has 0 fully saturated rings. The highest BCUT2D eigenvalue weighted by atomic mass is 16.1. The van der Waals surface area contributed by atoms with Crippen molar-refractivity contribution >= 4 is 16.7 Å². The number of aromatic nitrogens is 6. The van der Waals surface area contributed by atoms with E-state index in [0.29, 0.717) is 29.8 Å². The molecule has 0 saturated carbocycles. The Morgan fingerprint density at radius 3 is 2.84 bits per heavy atom. The van der Waals surface area contributed by atoms with Crippen molar-refractivity contribution in [3.05, 3.63) is 35.3 Å². The third kappa shape index (κ3) is 1.96. The first-order valence-electron chi connectivity index (χ1n) is 5.80.